The van der Waals surface area contributed by atoms with E-state index in [0.29, 0.717) is 21.7 Å². The minimum Gasteiger partial charge on any atom is -0.461 e. The average molecular weight is 475 g/mol. The van der Waals surface area contributed by atoms with Crippen LogP contribution in [-0.2, 0) is 22.8 Å². The molecule has 31 heavy (non-hydrogen) atoms. The van der Waals surface area contributed by atoms with E-state index < -0.39 is 41.1 Å². The molecule has 2 aromatic rings. The van der Waals surface area contributed by atoms with Gasteiger partial charge < -0.3 is 4.74 Å². The minimum absolute atomic E-state index is 0.185. The van der Waals surface area contributed by atoms with E-state index in [0.717, 1.165) is 11.6 Å². The standard InChI is InChI=1S/C23H20Cl2F4O2/c1-22(2)18(10-19(25)23(27,28)29)20(22)21(30)31-12-14-4-3-5-16(17(14)11-26)13-6-8-15(24)9-7-13/h3-10,18,20H,11-12H2,1-2H3/b19-10-/t18-,20-/m0/s1. The summed E-state index contributed by atoms with van der Waals surface area (Å²) in [4.78, 5) is 12.5. The van der Waals surface area contributed by atoms with E-state index in [9.17, 15) is 22.4 Å². The lowest BCUT2D eigenvalue weighted by Gasteiger charge is -2.13. The molecule has 0 N–H and O–H groups in total. The number of carbonyl (C=O) groups is 1. The fraction of sp³-hybridized carbons (Fsp3) is 0.348. The van der Waals surface area contributed by atoms with Crippen molar-refractivity contribution < 1.29 is 27.1 Å². The van der Waals surface area contributed by atoms with Gasteiger partial charge in [-0.2, -0.15) is 13.2 Å². The van der Waals surface area contributed by atoms with Gasteiger partial charge in [-0.3, -0.25) is 4.79 Å². The van der Waals surface area contributed by atoms with E-state index >= 15 is 0 Å². The molecule has 0 spiro atoms. The van der Waals surface area contributed by atoms with Crippen LogP contribution in [0.5, 0.6) is 0 Å². The Morgan fingerprint density at radius 1 is 1.16 bits per heavy atom. The summed E-state index contributed by atoms with van der Waals surface area (Å²) in [5.41, 5.74) is 1.57. The van der Waals surface area contributed by atoms with Crippen molar-refractivity contribution in [1.82, 2.24) is 0 Å². The highest BCUT2D eigenvalue weighted by Gasteiger charge is 2.62. The highest BCUT2D eigenvalue weighted by atomic mass is 35.5. The zero-order chi connectivity index (χ0) is 23.0. The lowest BCUT2D eigenvalue weighted by molar-refractivity contribution is -0.147. The Kier molecular flexibility index (Phi) is 6.72. The molecule has 2 atom stereocenters. The highest BCUT2D eigenvalue weighted by Crippen LogP contribution is 2.60. The van der Waals surface area contributed by atoms with Crippen molar-refractivity contribution in [2.24, 2.45) is 17.3 Å². The summed E-state index contributed by atoms with van der Waals surface area (Å²) in [5.74, 6) is -2.08. The van der Waals surface area contributed by atoms with Gasteiger partial charge in [0, 0.05) is 5.02 Å². The molecule has 0 unspecified atom stereocenters. The molecule has 1 fully saturated rings. The second kappa shape index (κ2) is 8.83. The van der Waals surface area contributed by atoms with Crippen molar-refractivity contribution in [2.75, 3.05) is 0 Å². The number of hydrogen-bond donors (Lipinski definition) is 0. The van der Waals surface area contributed by atoms with Gasteiger partial charge in [0.25, 0.3) is 0 Å². The number of carbonyl (C=O) groups excluding carboxylic acids is 1. The molecule has 1 saturated carbocycles. The van der Waals surface area contributed by atoms with Crippen molar-refractivity contribution in [3.8, 4) is 11.1 Å². The largest absolute Gasteiger partial charge is 0.461 e. The second-order valence-corrected chi connectivity index (χ2v) is 8.87. The molecule has 0 aliphatic heterocycles. The first-order chi connectivity index (χ1) is 14.5. The molecule has 0 bridgehead atoms. The van der Waals surface area contributed by atoms with Gasteiger partial charge in [0.2, 0.25) is 0 Å². The summed E-state index contributed by atoms with van der Waals surface area (Å²) in [6, 6.07) is 12.1. The molecule has 3 rings (SSSR count). The SMILES string of the molecule is CC1(C)[C@H](C(=O)OCc2cccc(-c3ccc(Cl)cc3)c2CF)[C@@H]1/C=C(\Cl)C(F)(F)F. The molecule has 0 aromatic heterocycles. The van der Waals surface area contributed by atoms with Gasteiger partial charge in [-0.25, -0.2) is 4.39 Å². The number of halogens is 6. The Morgan fingerprint density at radius 3 is 2.39 bits per heavy atom. The molecule has 0 heterocycles. The zero-order valence-corrected chi connectivity index (χ0v) is 18.3. The maximum Gasteiger partial charge on any atom is 0.426 e. The predicted octanol–water partition coefficient (Wildman–Crippen LogP) is 7.48. The number of allylic oxidation sites excluding steroid dienone is 2. The molecule has 1 aliphatic carbocycles. The van der Waals surface area contributed by atoms with Gasteiger partial charge in [-0.05, 0) is 45.7 Å². The zero-order valence-electron chi connectivity index (χ0n) is 16.8. The van der Waals surface area contributed by atoms with Gasteiger partial charge in [-0.15, -0.1) is 0 Å². The molecule has 1 aliphatic rings. The number of alkyl halides is 4. The number of benzene rings is 2. The first-order valence-corrected chi connectivity index (χ1v) is 10.3. The number of esters is 1. The van der Waals surface area contributed by atoms with E-state index in [1.165, 1.54) is 0 Å². The van der Waals surface area contributed by atoms with Crippen molar-refractivity contribution in [1.29, 1.82) is 0 Å². The van der Waals surface area contributed by atoms with Crippen molar-refractivity contribution in [3.63, 3.8) is 0 Å². The summed E-state index contributed by atoms with van der Waals surface area (Å²) >= 11 is 11.2. The predicted molar refractivity (Wildman–Crippen MR) is 112 cm³/mol. The Balaban J connectivity index is 1.75. The van der Waals surface area contributed by atoms with Gasteiger partial charge >= 0.3 is 12.1 Å². The van der Waals surface area contributed by atoms with E-state index in [-0.39, 0.29) is 6.61 Å². The van der Waals surface area contributed by atoms with E-state index in [2.05, 4.69) is 0 Å². The van der Waals surface area contributed by atoms with E-state index in [4.69, 9.17) is 27.9 Å². The quantitative estimate of drug-likeness (QED) is 0.320. The van der Waals surface area contributed by atoms with Crippen molar-refractivity contribution in [2.45, 2.75) is 33.3 Å². The van der Waals surface area contributed by atoms with Gasteiger partial charge in [0.05, 0.1) is 5.92 Å². The van der Waals surface area contributed by atoms with Crippen LogP contribution in [0.25, 0.3) is 11.1 Å². The van der Waals surface area contributed by atoms with Crippen LogP contribution in [0.3, 0.4) is 0 Å². The highest BCUT2D eigenvalue weighted by molar-refractivity contribution is 6.30. The summed E-state index contributed by atoms with van der Waals surface area (Å²) in [6.07, 6.45) is -3.80. The number of hydrogen-bond acceptors (Lipinski definition) is 2. The van der Waals surface area contributed by atoms with Crippen LogP contribution >= 0.6 is 23.2 Å². The van der Waals surface area contributed by atoms with Crippen LogP contribution in [0.2, 0.25) is 5.02 Å². The first kappa shape index (κ1) is 23.6. The molecule has 0 saturated heterocycles. The second-order valence-electron chi connectivity index (χ2n) is 8.03. The normalized spacial score (nSPS) is 20.5. The van der Waals surface area contributed by atoms with Gasteiger partial charge in [0.1, 0.15) is 18.3 Å². The summed E-state index contributed by atoms with van der Waals surface area (Å²) in [7, 11) is 0. The summed E-state index contributed by atoms with van der Waals surface area (Å²) < 4.78 is 57.3. The van der Waals surface area contributed by atoms with Crippen LogP contribution < -0.4 is 0 Å². The maximum absolute atomic E-state index is 13.9. The Hall–Kier alpha value is -2.05. The van der Waals surface area contributed by atoms with Crippen LogP contribution in [0.4, 0.5) is 17.6 Å². The first-order valence-electron chi connectivity index (χ1n) is 9.50. The smallest absolute Gasteiger partial charge is 0.426 e. The summed E-state index contributed by atoms with van der Waals surface area (Å²) in [6.45, 7) is 2.40. The lowest BCUT2D eigenvalue weighted by Crippen LogP contribution is -2.12. The van der Waals surface area contributed by atoms with Crippen molar-refractivity contribution in [3.05, 3.63) is 69.7 Å². The maximum atomic E-state index is 13.9. The Bertz CT molecular complexity index is 998. The topological polar surface area (TPSA) is 26.3 Å². The van der Waals surface area contributed by atoms with Crippen LogP contribution in [0.1, 0.15) is 25.0 Å². The van der Waals surface area contributed by atoms with Gasteiger partial charge in [0.15, 0.2) is 0 Å². The minimum atomic E-state index is -4.66. The molecule has 2 nitrogen and oxygen atoms in total. The third-order valence-corrected chi connectivity index (χ3v) is 6.29. The fourth-order valence-electron chi connectivity index (χ4n) is 3.76. The Labute approximate surface area is 187 Å². The molecule has 2 aromatic carbocycles. The summed E-state index contributed by atoms with van der Waals surface area (Å²) in [5, 5.41) is -0.701. The molecular weight excluding hydrogens is 455 g/mol. The Morgan fingerprint density at radius 2 is 1.81 bits per heavy atom. The fourth-order valence-corrected chi connectivity index (χ4v) is 4.02. The average Bonchev–Trinajstić information content (AvgIpc) is 3.25. The van der Waals surface area contributed by atoms with E-state index in [1.54, 1.807) is 56.3 Å². The molecule has 0 amide bonds. The van der Waals surface area contributed by atoms with Crippen LogP contribution in [-0.4, -0.2) is 12.1 Å². The third kappa shape index (κ3) is 5.07. The lowest BCUT2D eigenvalue weighted by atomic mass is 9.96. The van der Waals surface area contributed by atoms with Crippen LogP contribution in [0, 0.1) is 17.3 Å². The number of rotatable bonds is 6. The van der Waals surface area contributed by atoms with Crippen LogP contribution in [0.15, 0.2) is 53.6 Å². The van der Waals surface area contributed by atoms with Crippen molar-refractivity contribution >= 4 is 29.2 Å². The number of ether oxygens (including phenoxy) is 1. The van der Waals surface area contributed by atoms with Gasteiger partial charge in [-0.1, -0.05) is 73.5 Å². The van der Waals surface area contributed by atoms with E-state index in [1.807, 2.05) is 0 Å². The third-order valence-electron chi connectivity index (χ3n) is 5.69. The molecule has 8 heteroatoms. The monoisotopic (exact) mass is 474 g/mol. The molecular formula is C23H20Cl2F4O2. The molecule has 0 radical (unpaired) electrons. The molecule has 166 valence electrons.